The quantitative estimate of drug-likeness (QED) is 0.152. The molecule has 0 unspecified atom stereocenters. The number of aliphatic hydroxyl groups excluding tert-OH is 1. The molecule has 1 heterocycles. The molecule has 2 aromatic carbocycles. The van der Waals surface area contributed by atoms with Gasteiger partial charge in [-0.25, -0.2) is 0 Å². The summed E-state index contributed by atoms with van der Waals surface area (Å²) in [6.45, 7) is 12.2. The molecule has 3 nitrogen and oxygen atoms in total. The Morgan fingerprint density at radius 1 is 1.03 bits per heavy atom. The number of hydrogen-bond donors (Lipinski definition) is 1. The number of aliphatic hydroxyl groups is 1. The Kier molecular flexibility index (Phi) is 10.7. The molecule has 0 amide bonds. The van der Waals surface area contributed by atoms with Crippen LogP contribution in [0, 0.1) is 37.7 Å². The smallest absolute Gasteiger partial charge is 0.159 e. The molecule has 2 bridgehead atoms. The standard InChI is InChI=1S/C24H24N.C11H20O2.Ir/c1-16-11-17(2)13-20(12-16)23-5-3-19-14-21(4-6-22(19)25-23)24-9-7-18(15-24)8-10-24;1-8(2)5-10(12)7-11(13)6-9(3)4;/h3-6,11-12,14,18H,7-10,15H2,1-2H3;7-9,12H,5-6H2,1-4H3;/q-1;;/b;10-7-;. The minimum Gasteiger partial charge on any atom is -0.512 e. The molecule has 39 heavy (non-hydrogen) atoms. The first-order valence-electron chi connectivity index (χ1n) is 14.4. The molecule has 1 aromatic heterocycles. The van der Waals surface area contributed by atoms with E-state index in [0.717, 1.165) is 22.7 Å². The zero-order valence-corrected chi connectivity index (χ0v) is 26.8. The normalized spacial score (nSPS) is 20.2. The van der Waals surface area contributed by atoms with Gasteiger partial charge in [0.05, 0.1) is 11.3 Å². The van der Waals surface area contributed by atoms with Gasteiger partial charge in [-0.2, -0.15) is 0 Å². The first kappa shape index (κ1) is 31.2. The summed E-state index contributed by atoms with van der Waals surface area (Å²) in [7, 11) is 0. The van der Waals surface area contributed by atoms with Gasteiger partial charge >= 0.3 is 0 Å². The van der Waals surface area contributed by atoms with Crippen molar-refractivity contribution in [3.63, 3.8) is 0 Å². The van der Waals surface area contributed by atoms with Crippen LogP contribution in [0.15, 0.2) is 54.3 Å². The van der Waals surface area contributed by atoms with Crippen molar-refractivity contribution in [3.8, 4) is 11.3 Å². The molecule has 2 saturated carbocycles. The first-order valence-corrected chi connectivity index (χ1v) is 14.4. The minimum atomic E-state index is 0. The molecule has 2 aliphatic rings. The molecule has 0 aliphatic heterocycles. The summed E-state index contributed by atoms with van der Waals surface area (Å²) in [5, 5.41) is 10.6. The number of nitrogens with zero attached hydrogens (tertiary/aromatic N) is 1. The molecule has 0 saturated heterocycles. The molecule has 211 valence electrons. The molecule has 2 aliphatic carbocycles. The average Bonchev–Trinajstić information content (AvgIpc) is 3.45. The Labute approximate surface area is 248 Å². The minimum absolute atomic E-state index is 0. The van der Waals surface area contributed by atoms with E-state index in [0.29, 0.717) is 30.1 Å². The summed E-state index contributed by atoms with van der Waals surface area (Å²) >= 11 is 0. The van der Waals surface area contributed by atoms with Crippen LogP contribution >= 0.6 is 0 Å². The summed E-state index contributed by atoms with van der Waals surface area (Å²) in [6.07, 6.45) is 9.49. The van der Waals surface area contributed by atoms with Crippen molar-refractivity contribution in [1.82, 2.24) is 4.98 Å². The van der Waals surface area contributed by atoms with E-state index in [1.807, 2.05) is 27.7 Å². The number of fused-ring (bicyclic) bond motifs is 3. The fraction of sp³-hybridized carbons (Fsp3) is 0.486. The Morgan fingerprint density at radius 2 is 1.72 bits per heavy atom. The van der Waals surface area contributed by atoms with Crippen LogP contribution < -0.4 is 0 Å². The van der Waals surface area contributed by atoms with Crippen molar-refractivity contribution in [3.05, 3.63) is 77.1 Å². The summed E-state index contributed by atoms with van der Waals surface area (Å²) < 4.78 is 0. The SMILES string of the molecule is CC(C)CC(=O)/C=C(\O)CC(C)C.Cc1[c-]c(-c2ccc3cc(C45CCC(CC4)C5)ccc3n2)cc(C)c1.[Ir]. The van der Waals surface area contributed by atoms with Crippen LogP contribution in [0.5, 0.6) is 0 Å². The third-order valence-corrected chi connectivity index (χ3v) is 8.02. The first-order chi connectivity index (χ1) is 18.0. The predicted octanol–water partition coefficient (Wildman–Crippen LogP) is 9.24. The van der Waals surface area contributed by atoms with Gasteiger partial charge in [-0.05, 0) is 84.0 Å². The number of pyridine rings is 1. The van der Waals surface area contributed by atoms with Gasteiger partial charge in [0.15, 0.2) is 5.78 Å². The fourth-order valence-electron chi connectivity index (χ4n) is 6.36. The van der Waals surface area contributed by atoms with E-state index in [4.69, 9.17) is 4.98 Å². The van der Waals surface area contributed by atoms with Crippen LogP contribution in [-0.4, -0.2) is 15.9 Å². The molecule has 3 aromatic rings. The number of carbonyl (C=O) groups excluding carboxylic acids is 1. The number of allylic oxidation sites excluding steroid dienone is 2. The van der Waals surface area contributed by atoms with Gasteiger partial charge in [0.1, 0.15) is 0 Å². The van der Waals surface area contributed by atoms with E-state index in [1.54, 1.807) is 5.56 Å². The topological polar surface area (TPSA) is 50.2 Å². The number of ketones is 1. The third-order valence-electron chi connectivity index (χ3n) is 8.02. The summed E-state index contributed by atoms with van der Waals surface area (Å²) in [5.41, 5.74) is 7.66. The van der Waals surface area contributed by atoms with E-state index in [-0.39, 0.29) is 31.6 Å². The number of rotatable bonds is 7. The zero-order chi connectivity index (χ0) is 27.4. The van der Waals surface area contributed by atoms with Crippen molar-refractivity contribution in [2.24, 2.45) is 17.8 Å². The second-order valence-corrected chi connectivity index (χ2v) is 12.6. The van der Waals surface area contributed by atoms with Crippen molar-refractivity contribution >= 4 is 16.7 Å². The maximum atomic E-state index is 11.2. The van der Waals surface area contributed by atoms with Crippen LogP contribution in [0.3, 0.4) is 0 Å². The molecule has 1 N–H and O–H groups in total. The van der Waals surface area contributed by atoms with Gasteiger partial charge in [-0.3, -0.25) is 9.78 Å². The molecule has 0 atom stereocenters. The maximum Gasteiger partial charge on any atom is 0.159 e. The Hall–Kier alpha value is -2.29. The van der Waals surface area contributed by atoms with E-state index < -0.39 is 0 Å². The van der Waals surface area contributed by atoms with Crippen molar-refractivity contribution in [2.45, 2.75) is 91.9 Å². The van der Waals surface area contributed by atoms with Crippen LogP contribution in [-0.2, 0) is 30.3 Å². The average molecular weight is 703 g/mol. The fourth-order valence-corrected chi connectivity index (χ4v) is 6.36. The summed E-state index contributed by atoms with van der Waals surface area (Å²) in [6, 6.07) is 19.2. The van der Waals surface area contributed by atoms with Crippen LogP contribution in [0.25, 0.3) is 22.2 Å². The monoisotopic (exact) mass is 703 g/mol. The van der Waals surface area contributed by atoms with E-state index >= 15 is 0 Å². The Bertz CT molecular complexity index is 1300. The molecule has 0 spiro atoms. The zero-order valence-electron chi connectivity index (χ0n) is 24.4. The van der Waals surface area contributed by atoms with Gasteiger partial charge in [0, 0.05) is 39.0 Å². The van der Waals surface area contributed by atoms with E-state index in [2.05, 4.69) is 62.4 Å². The van der Waals surface area contributed by atoms with Crippen LogP contribution in [0.4, 0.5) is 0 Å². The summed E-state index contributed by atoms with van der Waals surface area (Å²) in [4.78, 5) is 16.1. The van der Waals surface area contributed by atoms with Crippen molar-refractivity contribution in [2.75, 3.05) is 0 Å². The predicted molar refractivity (Wildman–Crippen MR) is 158 cm³/mol. The molecular weight excluding hydrogens is 659 g/mol. The Morgan fingerprint density at radius 3 is 2.31 bits per heavy atom. The molecule has 4 heteroatoms. The van der Waals surface area contributed by atoms with Gasteiger partial charge in [0.2, 0.25) is 0 Å². The number of benzene rings is 2. The molecule has 1 radical (unpaired) electrons. The van der Waals surface area contributed by atoms with Crippen LogP contribution in [0.1, 0.15) is 89.3 Å². The van der Waals surface area contributed by atoms with E-state index in [1.165, 1.54) is 54.7 Å². The van der Waals surface area contributed by atoms with Gasteiger partial charge in [0.25, 0.3) is 0 Å². The molecule has 5 rings (SSSR count). The number of hydrogen-bond acceptors (Lipinski definition) is 3. The molecular formula is C35H44IrNO2-. The summed E-state index contributed by atoms with van der Waals surface area (Å²) in [5.74, 6) is 1.96. The van der Waals surface area contributed by atoms with Gasteiger partial charge in [-0.15, -0.1) is 34.9 Å². The largest absolute Gasteiger partial charge is 0.512 e. The number of carbonyl (C=O) groups is 1. The third kappa shape index (κ3) is 8.12. The Balaban J connectivity index is 0.000000260. The van der Waals surface area contributed by atoms with Crippen LogP contribution in [0.2, 0.25) is 0 Å². The van der Waals surface area contributed by atoms with E-state index in [9.17, 15) is 9.90 Å². The van der Waals surface area contributed by atoms with Crippen molar-refractivity contribution in [1.29, 1.82) is 0 Å². The number of aryl methyl sites for hydroxylation is 2. The van der Waals surface area contributed by atoms with Gasteiger partial charge < -0.3 is 5.11 Å². The second kappa shape index (κ2) is 13.4. The van der Waals surface area contributed by atoms with Gasteiger partial charge in [-0.1, -0.05) is 59.7 Å². The maximum absolute atomic E-state index is 11.2. The number of aromatic nitrogens is 1. The second-order valence-electron chi connectivity index (χ2n) is 12.6. The molecule has 2 fully saturated rings. The van der Waals surface area contributed by atoms with Crippen molar-refractivity contribution < 1.29 is 30.0 Å².